The monoisotopic (exact) mass is 258 g/mol. The molecule has 1 saturated carbocycles. The van der Waals surface area contributed by atoms with E-state index in [0.717, 1.165) is 5.92 Å². The Hall–Kier alpha value is -1.57. The van der Waals surface area contributed by atoms with Crippen LogP contribution in [-0.2, 0) is 0 Å². The molecule has 2 rings (SSSR count). The van der Waals surface area contributed by atoms with E-state index < -0.39 is 5.97 Å². The number of hydrogen-bond donors (Lipinski definition) is 1. The van der Waals surface area contributed by atoms with Gasteiger partial charge in [-0.15, -0.1) is 0 Å². The normalized spacial score (nSPS) is 26.9. The fraction of sp³-hybridized carbons (Fsp3) is 0.471. The Morgan fingerprint density at radius 2 is 2.00 bits per heavy atom. The van der Waals surface area contributed by atoms with Gasteiger partial charge in [-0.25, -0.2) is 4.79 Å². The molecule has 0 amide bonds. The van der Waals surface area contributed by atoms with E-state index in [1.165, 1.54) is 24.8 Å². The molecule has 0 aliphatic heterocycles. The third kappa shape index (κ3) is 3.06. The van der Waals surface area contributed by atoms with Crippen molar-refractivity contribution in [3.05, 3.63) is 47.5 Å². The van der Waals surface area contributed by atoms with Gasteiger partial charge in [0.1, 0.15) is 0 Å². The van der Waals surface area contributed by atoms with E-state index in [1.54, 1.807) is 12.1 Å². The number of hydrogen-bond acceptors (Lipinski definition) is 1. The first-order chi connectivity index (χ1) is 9.15. The second-order valence-electron chi connectivity index (χ2n) is 5.47. The zero-order chi connectivity index (χ0) is 13.8. The molecule has 2 heteroatoms. The van der Waals surface area contributed by atoms with Gasteiger partial charge in [-0.3, -0.25) is 0 Å². The largest absolute Gasteiger partial charge is 0.478 e. The summed E-state index contributed by atoms with van der Waals surface area (Å²) in [5.41, 5.74) is 1.65. The topological polar surface area (TPSA) is 37.3 Å². The van der Waals surface area contributed by atoms with Gasteiger partial charge in [-0.05, 0) is 55.2 Å². The lowest BCUT2D eigenvalue weighted by Gasteiger charge is -2.16. The Morgan fingerprint density at radius 1 is 1.32 bits per heavy atom. The number of allylic oxidation sites excluding steroid dienone is 2. The van der Waals surface area contributed by atoms with Gasteiger partial charge < -0.3 is 5.11 Å². The molecule has 19 heavy (non-hydrogen) atoms. The van der Waals surface area contributed by atoms with Crippen LogP contribution in [-0.4, -0.2) is 11.1 Å². The van der Waals surface area contributed by atoms with E-state index in [0.29, 0.717) is 17.4 Å². The van der Waals surface area contributed by atoms with E-state index in [9.17, 15) is 4.79 Å². The molecule has 1 aromatic rings. The highest BCUT2D eigenvalue weighted by Crippen LogP contribution is 2.45. The fourth-order valence-corrected chi connectivity index (χ4v) is 3.23. The second-order valence-corrected chi connectivity index (χ2v) is 5.47. The number of aromatic carboxylic acids is 1. The van der Waals surface area contributed by atoms with Crippen molar-refractivity contribution in [3.8, 4) is 0 Å². The molecule has 0 spiro atoms. The summed E-state index contributed by atoms with van der Waals surface area (Å²) in [7, 11) is 0. The van der Waals surface area contributed by atoms with Crippen molar-refractivity contribution < 1.29 is 9.90 Å². The highest BCUT2D eigenvalue weighted by Gasteiger charge is 2.32. The van der Waals surface area contributed by atoms with Crippen LogP contribution in [0, 0.1) is 11.8 Å². The van der Waals surface area contributed by atoms with Crippen LogP contribution in [0.5, 0.6) is 0 Å². The predicted octanol–water partition coefficient (Wildman–Crippen LogP) is 4.48. The van der Waals surface area contributed by atoms with Gasteiger partial charge in [0.05, 0.1) is 5.56 Å². The molecule has 1 N–H and O–H groups in total. The van der Waals surface area contributed by atoms with Crippen LogP contribution in [0.4, 0.5) is 0 Å². The molecule has 2 nitrogen and oxygen atoms in total. The SMILES string of the molecule is C/C=C/C1CC(CC)CC1c1ccc(C(=O)O)cc1. The highest BCUT2D eigenvalue weighted by atomic mass is 16.4. The summed E-state index contributed by atoms with van der Waals surface area (Å²) < 4.78 is 0. The summed E-state index contributed by atoms with van der Waals surface area (Å²) in [4.78, 5) is 10.9. The van der Waals surface area contributed by atoms with Gasteiger partial charge in [-0.2, -0.15) is 0 Å². The van der Waals surface area contributed by atoms with Crippen LogP contribution in [0.1, 0.15) is 54.9 Å². The van der Waals surface area contributed by atoms with Crippen LogP contribution >= 0.6 is 0 Å². The Morgan fingerprint density at radius 3 is 2.53 bits per heavy atom. The van der Waals surface area contributed by atoms with Crippen LogP contribution < -0.4 is 0 Å². The third-order valence-corrected chi connectivity index (χ3v) is 4.31. The van der Waals surface area contributed by atoms with Crippen molar-refractivity contribution >= 4 is 5.97 Å². The molecule has 0 bridgehead atoms. The lowest BCUT2D eigenvalue weighted by Crippen LogP contribution is -2.04. The quantitative estimate of drug-likeness (QED) is 0.808. The molecule has 1 fully saturated rings. The molecule has 3 atom stereocenters. The van der Waals surface area contributed by atoms with Gasteiger partial charge in [0.15, 0.2) is 0 Å². The van der Waals surface area contributed by atoms with Crippen molar-refractivity contribution in [2.75, 3.05) is 0 Å². The smallest absolute Gasteiger partial charge is 0.335 e. The standard InChI is InChI=1S/C17H22O2/c1-3-5-15-10-12(4-2)11-16(15)13-6-8-14(9-7-13)17(18)19/h3,5-9,12,15-16H,4,10-11H2,1-2H3,(H,18,19)/b5-3+. The third-order valence-electron chi connectivity index (χ3n) is 4.31. The van der Waals surface area contributed by atoms with Gasteiger partial charge >= 0.3 is 5.97 Å². The van der Waals surface area contributed by atoms with Gasteiger partial charge in [0.2, 0.25) is 0 Å². The lowest BCUT2D eigenvalue weighted by atomic mass is 9.88. The minimum absolute atomic E-state index is 0.372. The summed E-state index contributed by atoms with van der Waals surface area (Å²) in [6.45, 7) is 4.33. The van der Waals surface area contributed by atoms with E-state index in [1.807, 2.05) is 12.1 Å². The molecular weight excluding hydrogens is 236 g/mol. The van der Waals surface area contributed by atoms with Gasteiger partial charge in [-0.1, -0.05) is 37.6 Å². The van der Waals surface area contributed by atoms with Crippen molar-refractivity contribution in [1.29, 1.82) is 0 Å². The Labute approximate surface area is 115 Å². The van der Waals surface area contributed by atoms with Crippen LogP contribution in [0.25, 0.3) is 0 Å². The molecule has 3 unspecified atom stereocenters. The zero-order valence-electron chi connectivity index (χ0n) is 11.7. The Bertz CT molecular complexity index is 459. The maximum Gasteiger partial charge on any atom is 0.335 e. The molecule has 1 aliphatic carbocycles. The van der Waals surface area contributed by atoms with Crippen molar-refractivity contribution in [2.45, 2.75) is 39.0 Å². The van der Waals surface area contributed by atoms with E-state index in [-0.39, 0.29) is 0 Å². The average molecular weight is 258 g/mol. The molecule has 0 aromatic heterocycles. The highest BCUT2D eigenvalue weighted by molar-refractivity contribution is 5.87. The predicted molar refractivity (Wildman–Crippen MR) is 77.5 cm³/mol. The molecule has 1 aliphatic rings. The number of carbonyl (C=O) groups is 1. The lowest BCUT2D eigenvalue weighted by molar-refractivity contribution is 0.0697. The molecule has 0 radical (unpaired) electrons. The van der Waals surface area contributed by atoms with Crippen LogP contribution in [0.15, 0.2) is 36.4 Å². The second kappa shape index (κ2) is 6.05. The Kier molecular flexibility index (Phi) is 4.41. The first-order valence-corrected chi connectivity index (χ1v) is 7.11. The van der Waals surface area contributed by atoms with Crippen LogP contribution in [0.3, 0.4) is 0 Å². The Balaban J connectivity index is 2.21. The minimum atomic E-state index is -0.852. The van der Waals surface area contributed by atoms with Gasteiger partial charge in [0, 0.05) is 0 Å². The van der Waals surface area contributed by atoms with Crippen molar-refractivity contribution in [1.82, 2.24) is 0 Å². The maximum atomic E-state index is 10.9. The first-order valence-electron chi connectivity index (χ1n) is 7.11. The summed E-state index contributed by atoms with van der Waals surface area (Å²) in [5.74, 6) is 1.09. The summed E-state index contributed by atoms with van der Waals surface area (Å²) in [6, 6.07) is 7.43. The van der Waals surface area contributed by atoms with Crippen LogP contribution in [0.2, 0.25) is 0 Å². The molecule has 0 heterocycles. The number of carboxylic acid groups (broad SMARTS) is 1. The number of rotatable bonds is 4. The molecular formula is C17H22O2. The fourth-order valence-electron chi connectivity index (χ4n) is 3.23. The molecule has 0 saturated heterocycles. The van der Waals surface area contributed by atoms with E-state index in [2.05, 4.69) is 26.0 Å². The molecule has 102 valence electrons. The maximum absolute atomic E-state index is 10.9. The van der Waals surface area contributed by atoms with E-state index >= 15 is 0 Å². The van der Waals surface area contributed by atoms with Crippen molar-refractivity contribution in [2.24, 2.45) is 11.8 Å². The summed E-state index contributed by atoms with van der Waals surface area (Å²) in [6.07, 6.45) is 8.16. The summed E-state index contributed by atoms with van der Waals surface area (Å²) >= 11 is 0. The van der Waals surface area contributed by atoms with Crippen molar-refractivity contribution in [3.63, 3.8) is 0 Å². The first kappa shape index (κ1) is 13.9. The summed E-state index contributed by atoms with van der Waals surface area (Å²) in [5, 5.41) is 8.95. The molecule has 1 aromatic carbocycles. The van der Waals surface area contributed by atoms with E-state index in [4.69, 9.17) is 5.11 Å². The van der Waals surface area contributed by atoms with Gasteiger partial charge in [0.25, 0.3) is 0 Å². The number of carboxylic acids is 1. The number of benzene rings is 1. The minimum Gasteiger partial charge on any atom is -0.478 e. The average Bonchev–Trinajstić information content (AvgIpc) is 2.82. The zero-order valence-corrected chi connectivity index (χ0v) is 11.7.